The third kappa shape index (κ3) is 3.16. The van der Waals surface area contributed by atoms with E-state index in [0.29, 0.717) is 4.91 Å². The van der Waals surface area contributed by atoms with E-state index in [2.05, 4.69) is 15.3 Å². The van der Waals surface area contributed by atoms with E-state index in [1.807, 2.05) is 34.9 Å². The van der Waals surface area contributed by atoms with Gasteiger partial charge in [-0.1, -0.05) is 0 Å². The summed E-state index contributed by atoms with van der Waals surface area (Å²) in [5.41, 5.74) is 3.56. The van der Waals surface area contributed by atoms with Gasteiger partial charge in [0.05, 0.1) is 16.8 Å². The van der Waals surface area contributed by atoms with Crippen molar-refractivity contribution in [3.63, 3.8) is 0 Å². The fraction of sp³-hybridized carbons (Fsp3) is 0. The molecule has 0 aromatic carbocycles. The van der Waals surface area contributed by atoms with Crippen LogP contribution in [0.3, 0.4) is 0 Å². The fourth-order valence-corrected chi connectivity index (χ4v) is 3.07. The monoisotopic (exact) mass is 346 g/mol. The summed E-state index contributed by atoms with van der Waals surface area (Å²) in [5, 5.41) is 1.90. The molecule has 0 spiro atoms. The molecule has 114 valence electrons. The molecule has 0 atom stereocenters. The average molecular weight is 346 g/mol. The van der Waals surface area contributed by atoms with E-state index in [-0.39, 0.29) is 40.7 Å². The number of hydrogen-bond acceptors (Lipinski definition) is 5. The van der Waals surface area contributed by atoms with Crippen molar-refractivity contribution in [3.8, 4) is 11.3 Å². The maximum absolute atomic E-state index is 11.6. The van der Waals surface area contributed by atoms with Gasteiger partial charge in [-0.05, 0) is 47.7 Å². The van der Waals surface area contributed by atoms with Gasteiger partial charge in [-0.3, -0.25) is 24.3 Å². The zero-order chi connectivity index (χ0) is 15.8. The van der Waals surface area contributed by atoms with Gasteiger partial charge in [0.25, 0.3) is 11.1 Å². The zero-order valence-corrected chi connectivity index (χ0v) is 12.6. The van der Waals surface area contributed by atoms with E-state index in [1.165, 1.54) is 0 Å². The van der Waals surface area contributed by atoms with Crippen LogP contribution in [-0.4, -0.2) is 55.1 Å². The Morgan fingerprint density at radius 1 is 1.12 bits per heavy atom. The number of pyridine rings is 2. The van der Waals surface area contributed by atoms with Gasteiger partial charge in [0.2, 0.25) is 0 Å². The third-order valence-corrected chi connectivity index (χ3v) is 4.25. The molecule has 0 unspecified atom stereocenters. The number of imide groups is 1. The van der Waals surface area contributed by atoms with Crippen molar-refractivity contribution in [2.75, 3.05) is 0 Å². The number of hydrogen-bond donors (Lipinski definition) is 1. The Morgan fingerprint density at radius 2 is 1.92 bits per heavy atom. The van der Waals surface area contributed by atoms with Gasteiger partial charge in [0.15, 0.2) is 0 Å². The van der Waals surface area contributed by atoms with E-state index in [9.17, 15) is 9.59 Å². The van der Waals surface area contributed by atoms with Crippen LogP contribution in [0.5, 0.6) is 0 Å². The predicted molar refractivity (Wildman–Crippen MR) is 94.7 cm³/mol. The SMILES string of the molecule is O=C1NC(=O)/C(=C/c2ccc3ncc(-c4ccncc4)n3c2)S1.[NaH]. The van der Waals surface area contributed by atoms with Crippen LogP contribution in [-0.2, 0) is 4.79 Å². The molecule has 2 amide bonds. The standard InChI is InChI=1S/C16H10N4O2S.Na.H/c21-15-13(23-16(22)19-15)7-10-1-2-14-18-8-12(20(14)9-10)11-3-5-17-6-4-11;;/h1-9H,(H,19,21,22);;/b13-7-;;. The Labute approximate surface area is 163 Å². The molecule has 0 radical (unpaired) electrons. The van der Waals surface area contributed by atoms with Crippen molar-refractivity contribution < 1.29 is 9.59 Å². The maximum atomic E-state index is 11.6. The van der Waals surface area contributed by atoms with Crippen LogP contribution in [0.25, 0.3) is 23.0 Å². The molecular weight excluding hydrogens is 335 g/mol. The second kappa shape index (κ2) is 6.90. The van der Waals surface area contributed by atoms with Crippen molar-refractivity contribution in [1.82, 2.24) is 19.7 Å². The summed E-state index contributed by atoms with van der Waals surface area (Å²) in [6.07, 6.45) is 8.84. The quantitative estimate of drug-likeness (QED) is 0.568. The molecular formula is C16H11N4NaO2S. The molecule has 1 aliphatic rings. The second-order valence-corrected chi connectivity index (χ2v) is 5.94. The molecule has 4 rings (SSSR count). The van der Waals surface area contributed by atoms with Crippen LogP contribution in [0.4, 0.5) is 4.79 Å². The summed E-state index contributed by atoms with van der Waals surface area (Å²) >= 11 is 0.905. The van der Waals surface area contributed by atoms with Gasteiger partial charge in [-0.2, -0.15) is 0 Å². The van der Waals surface area contributed by atoms with Crippen LogP contribution in [0.2, 0.25) is 0 Å². The number of fused-ring (bicyclic) bond motifs is 1. The van der Waals surface area contributed by atoms with Crippen LogP contribution in [0.15, 0.2) is 54.0 Å². The molecule has 0 aliphatic carbocycles. The van der Waals surface area contributed by atoms with Crippen molar-refractivity contribution in [1.29, 1.82) is 0 Å². The van der Waals surface area contributed by atoms with Crippen LogP contribution in [0.1, 0.15) is 5.56 Å². The number of imidazole rings is 1. The first kappa shape index (κ1) is 16.9. The number of thioether (sulfide) groups is 1. The molecule has 1 fully saturated rings. The summed E-state index contributed by atoms with van der Waals surface area (Å²) < 4.78 is 1.95. The molecule has 24 heavy (non-hydrogen) atoms. The molecule has 1 N–H and O–H groups in total. The van der Waals surface area contributed by atoms with Gasteiger partial charge in [-0.15, -0.1) is 0 Å². The van der Waals surface area contributed by atoms with Crippen molar-refractivity contribution in [3.05, 3.63) is 59.5 Å². The van der Waals surface area contributed by atoms with E-state index < -0.39 is 0 Å². The molecule has 0 saturated carbocycles. The van der Waals surface area contributed by atoms with Gasteiger partial charge < -0.3 is 0 Å². The summed E-state index contributed by atoms with van der Waals surface area (Å²) in [7, 11) is 0. The van der Waals surface area contributed by atoms with Gasteiger partial charge in [0, 0.05) is 24.2 Å². The fourth-order valence-electron chi connectivity index (χ4n) is 2.39. The van der Waals surface area contributed by atoms with Gasteiger partial charge in [0.1, 0.15) is 5.65 Å². The molecule has 0 bridgehead atoms. The molecule has 8 heteroatoms. The number of rotatable bonds is 2. The molecule has 3 aromatic heterocycles. The van der Waals surface area contributed by atoms with Crippen LogP contribution < -0.4 is 5.32 Å². The van der Waals surface area contributed by atoms with Gasteiger partial charge in [-0.25, -0.2) is 4.98 Å². The minimum atomic E-state index is -0.361. The summed E-state index contributed by atoms with van der Waals surface area (Å²) in [4.78, 5) is 31.7. The molecule has 6 nitrogen and oxygen atoms in total. The first-order valence-electron chi connectivity index (χ1n) is 6.83. The number of aromatic nitrogens is 3. The topological polar surface area (TPSA) is 76.4 Å². The molecule has 3 aromatic rings. The Bertz CT molecular complexity index is 969. The van der Waals surface area contributed by atoms with E-state index >= 15 is 0 Å². The molecule has 1 saturated heterocycles. The number of carbonyl (C=O) groups is 2. The van der Waals surface area contributed by atoms with E-state index in [4.69, 9.17) is 0 Å². The predicted octanol–water partition coefficient (Wildman–Crippen LogP) is 2.07. The number of amides is 2. The summed E-state index contributed by atoms with van der Waals surface area (Å²) in [5.74, 6) is -0.361. The molecule has 1 aliphatic heterocycles. The van der Waals surface area contributed by atoms with E-state index in [1.54, 1.807) is 24.7 Å². The Balaban J connectivity index is 0.00000169. The van der Waals surface area contributed by atoms with Gasteiger partial charge >= 0.3 is 29.6 Å². The van der Waals surface area contributed by atoms with Crippen molar-refractivity contribution in [2.45, 2.75) is 0 Å². The normalized spacial score (nSPS) is 15.6. The Morgan fingerprint density at radius 3 is 2.62 bits per heavy atom. The first-order chi connectivity index (χ1) is 11.2. The molecule has 4 heterocycles. The van der Waals surface area contributed by atoms with Crippen molar-refractivity contribution in [2.24, 2.45) is 0 Å². The Kier molecular flexibility index (Phi) is 4.86. The third-order valence-electron chi connectivity index (χ3n) is 3.44. The zero-order valence-electron chi connectivity index (χ0n) is 11.8. The minimum absolute atomic E-state index is 0. The average Bonchev–Trinajstić information content (AvgIpc) is 3.11. The van der Waals surface area contributed by atoms with E-state index in [0.717, 1.165) is 34.2 Å². The van der Waals surface area contributed by atoms with Crippen LogP contribution >= 0.6 is 11.8 Å². The number of nitrogens with zero attached hydrogens (tertiary/aromatic N) is 3. The van der Waals surface area contributed by atoms with Crippen LogP contribution in [0, 0.1) is 0 Å². The number of nitrogens with one attached hydrogen (secondary N) is 1. The van der Waals surface area contributed by atoms with Crippen molar-refractivity contribution >= 4 is 64.2 Å². The first-order valence-corrected chi connectivity index (χ1v) is 7.65. The summed E-state index contributed by atoms with van der Waals surface area (Å²) in [6, 6.07) is 7.56. The second-order valence-electron chi connectivity index (χ2n) is 4.92. The number of carbonyl (C=O) groups excluding carboxylic acids is 2. The summed E-state index contributed by atoms with van der Waals surface area (Å²) in [6.45, 7) is 0. The Hall–Kier alpha value is -1.93.